The van der Waals surface area contributed by atoms with E-state index in [9.17, 15) is 14.3 Å². The van der Waals surface area contributed by atoms with Crippen molar-refractivity contribution in [3.63, 3.8) is 0 Å². The highest BCUT2D eigenvalue weighted by Crippen LogP contribution is 2.36. The van der Waals surface area contributed by atoms with E-state index < -0.39 is 11.6 Å². The molecule has 0 unspecified atom stereocenters. The number of ether oxygens (including phenoxy) is 2. The van der Waals surface area contributed by atoms with Crippen LogP contribution in [0, 0.1) is 5.82 Å². The van der Waals surface area contributed by atoms with Crippen LogP contribution in [0.4, 0.5) is 4.39 Å². The normalized spacial score (nSPS) is 15.5. The number of ketones is 1. The standard InChI is InChI=1S/C17H15ClFNO4/c1-17(2)23-8-11-10(6-20-14(7-21)16(11)24-17)15(22)9-3-4-13(19)12(18)5-9/h3-6,21H,7-8H2,1-2H3. The average molecular weight is 352 g/mol. The number of hydrogen-bond donors (Lipinski definition) is 1. The number of hydrogen-bond acceptors (Lipinski definition) is 5. The molecule has 1 aromatic carbocycles. The van der Waals surface area contributed by atoms with E-state index in [1.807, 2.05) is 0 Å². The number of halogens is 2. The molecule has 2 aromatic rings. The lowest BCUT2D eigenvalue weighted by atomic mass is 9.98. The van der Waals surface area contributed by atoms with E-state index in [1.165, 1.54) is 18.3 Å². The number of aliphatic hydroxyl groups is 1. The first kappa shape index (κ1) is 16.8. The number of carbonyl (C=O) groups is 1. The average Bonchev–Trinajstić information content (AvgIpc) is 2.54. The SMILES string of the molecule is CC1(C)OCc2c(C(=O)c3ccc(F)c(Cl)c3)cnc(CO)c2O1. The highest BCUT2D eigenvalue weighted by atomic mass is 35.5. The third-order valence-corrected chi connectivity index (χ3v) is 3.99. The maximum atomic E-state index is 13.3. The van der Waals surface area contributed by atoms with Crippen molar-refractivity contribution in [1.29, 1.82) is 0 Å². The van der Waals surface area contributed by atoms with E-state index in [4.69, 9.17) is 21.1 Å². The van der Waals surface area contributed by atoms with Gasteiger partial charge in [-0.25, -0.2) is 4.39 Å². The summed E-state index contributed by atoms with van der Waals surface area (Å²) in [5.41, 5.74) is 1.32. The van der Waals surface area contributed by atoms with Crippen molar-refractivity contribution < 1.29 is 23.8 Å². The summed E-state index contributed by atoms with van der Waals surface area (Å²) in [4.78, 5) is 16.9. The van der Waals surface area contributed by atoms with Crippen molar-refractivity contribution in [3.8, 4) is 5.75 Å². The van der Waals surface area contributed by atoms with Gasteiger partial charge < -0.3 is 14.6 Å². The minimum Gasteiger partial charge on any atom is -0.461 e. The van der Waals surface area contributed by atoms with Crippen LogP contribution in [0.1, 0.15) is 41.0 Å². The molecule has 0 spiro atoms. The first-order valence-electron chi connectivity index (χ1n) is 7.26. The Kier molecular flexibility index (Phi) is 4.29. The molecule has 2 heterocycles. The van der Waals surface area contributed by atoms with Gasteiger partial charge in [-0.05, 0) is 18.2 Å². The van der Waals surface area contributed by atoms with Crippen molar-refractivity contribution >= 4 is 17.4 Å². The molecule has 0 radical (unpaired) electrons. The summed E-state index contributed by atoms with van der Waals surface area (Å²) in [5.74, 6) is -1.53. The predicted molar refractivity (Wildman–Crippen MR) is 84.5 cm³/mol. The second-order valence-corrected chi connectivity index (χ2v) is 6.24. The Morgan fingerprint density at radius 1 is 1.46 bits per heavy atom. The summed E-state index contributed by atoms with van der Waals surface area (Å²) in [6, 6.07) is 3.75. The van der Waals surface area contributed by atoms with Gasteiger partial charge in [0.2, 0.25) is 5.79 Å². The lowest BCUT2D eigenvalue weighted by Gasteiger charge is -2.34. The summed E-state index contributed by atoms with van der Waals surface area (Å²) in [6.45, 7) is 3.26. The van der Waals surface area contributed by atoms with Gasteiger partial charge >= 0.3 is 0 Å². The van der Waals surface area contributed by atoms with Gasteiger partial charge in [-0.2, -0.15) is 0 Å². The zero-order valence-corrected chi connectivity index (χ0v) is 13.9. The van der Waals surface area contributed by atoms with Crippen LogP contribution >= 0.6 is 11.6 Å². The van der Waals surface area contributed by atoms with Gasteiger partial charge in [0, 0.05) is 31.2 Å². The van der Waals surface area contributed by atoms with Crippen molar-refractivity contribution in [3.05, 3.63) is 57.6 Å². The third kappa shape index (κ3) is 3.00. The Hall–Kier alpha value is -2.02. The summed E-state index contributed by atoms with van der Waals surface area (Å²) in [5, 5.41) is 9.31. The molecule has 0 aliphatic carbocycles. The molecule has 1 N–H and O–H groups in total. The van der Waals surface area contributed by atoms with Crippen molar-refractivity contribution in [1.82, 2.24) is 4.98 Å². The van der Waals surface area contributed by atoms with Crippen LogP contribution in [0.5, 0.6) is 5.75 Å². The molecule has 7 heteroatoms. The molecule has 126 valence electrons. The number of benzene rings is 1. The van der Waals surface area contributed by atoms with Crippen LogP contribution in [0.25, 0.3) is 0 Å². The number of fused-ring (bicyclic) bond motifs is 1. The minimum atomic E-state index is -0.889. The van der Waals surface area contributed by atoms with Gasteiger partial charge in [-0.15, -0.1) is 0 Å². The largest absolute Gasteiger partial charge is 0.461 e. The lowest BCUT2D eigenvalue weighted by molar-refractivity contribution is -0.181. The van der Waals surface area contributed by atoms with Crippen LogP contribution < -0.4 is 4.74 Å². The topological polar surface area (TPSA) is 68.7 Å². The Morgan fingerprint density at radius 3 is 2.88 bits per heavy atom. The predicted octanol–water partition coefficient (Wildman–Crippen LogP) is 3.24. The number of carbonyl (C=O) groups excluding carboxylic acids is 1. The van der Waals surface area contributed by atoms with Crippen LogP contribution in [-0.2, 0) is 18.0 Å². The van der Waals surface area contributed by atoms with Crippen molar-refractivity contribution in [2.75, 3.05) is 0 Å². The van der Waals surface area contributed by atoms with Gasteiger partial charge in [-0.3, -0.25) is 9.78 Å². The summed E-state index contributed by atoms with van der Waals surface area (Å²) in [7, 11) is 0. The molecule has 1 aliphatic rings. The molecule has 0 saturated carbocycles. The highest BCUT2D eigenvalue weighted by Gasteiger charge is 2.33. The van der Waals surface area contributed by atoms with Gasteiger partial charge in [0.1, 0.15) is 11.5 Å². The lowest BCUT2D eigenvalue weighted by Crippen LogP contribution is -2.36. The summed E-state index contributed by atoms with van der Waals surface area (Å²) in [6.07, 6.45) is 1.36. The van der Waals surface area contributed by atoms with Crippen molar-refractivity contribution in [2.45, 2.75) is 32.8 Å². The summed E-state index contributed by atoms with van der Waals surface area (Å²) < 4.78 is 24.6. The number of aliphatic hydroxyl groups excluding tert-OH is 1. The smallest absolute Gasteiger partial charge is 0.205 e. The number of aromatic nitrogens is 1. The van der Waals surface area contributed by atoms with Gasteiger partial charge in [0.05, 0.1) is 23.8 Å². The number of nitrogens with zero attached hydrogens (tertiary/aromatic N) is 1. The quantitative estimate of drug-likeness (QED) is 0.860. The van der Waals surface area contributed by atoms with E-state index in [1.54, 1.807) is 13.8 Å². The summed E-state index contributed by atoms with van der Waals surface area (Å²) >= 11 is 5.75. The zero-order chi connectivity index (χ0) is 17.5. The maximum Gasteiger partial charge on any atom is 0.205 e. The highest BCUT2D eigenvalue weighted by molar-refractivity contribution is 6.31. The Bertz CT molecular complexity index is 822. The van der Waals surface area contributed by atoms with Gasteiger partial charge in [0.25, 0.3) is 0 Å². The third-order valence-electron chi connectivity index (χ3n) is 3.70. The van der Waals surface area contributed by atoms with E-state index in [0.717, 1.165) is 6.07 Å². The molecule has 5 nitrogen and oxygen atoms in total. The first-order chi connectivity index (χ1) is 11.3. The van der Waals surface area contributed by atoms with Crippen LogP contribution in [0.15, 0.2) is 24.4 Å². The van der Waals surface area contributed by atoms with Gasteiger partial charge in [0.15, 0.2) is 11.5 Å². The molecule has 1 aliphatic heterocycles. The minimum absolute atomic E-state index is 0.133. The second kappa shape index (κ2) is 6.12. The molecule has 0 bridgehead atoms. The van der Waals surface area contributed by atoms with E-state index >= 15 is 0 Å². The molecular weight excluding hydrogens is 337 g/mol. The molecule has 1 aromatic heterocycles. The Morgan fingerprint density at radius 2 is 2.21 bits per heavy atom. The Balaban J connectivity index is 2.09. The van der Waals surface area contributed by atoms with Gasteiger partial charge in [-0.1, -0.05) is 11.6 Å². The van der Waals surface area contributed by atoms with Crippen LogP contribution in [-0.4, -0.2) is 21.7 Å². The van der Waals surface area contributed by atoms with Crippen molar-refractivity contribution in [2.24, 2.45) is 0 Å². The molecule has 3 rings (SSSR count). The zero-order valence-electron chi connectivity index (χ0n) is 13.1. The number of pyridine rings is 1. The second-order valence-electron chi connectivity index (χ2n) is 5.83. The fourth-order valence-corrected chi connectivity index (χ4v) is 2.64. The number of rotatable bonds is 3. The fraction of sp³-hybridized carbons (Fsp3) is 0.294. The Labute approximate surface area is 143 Å². The molecule has 24 heavy (non-hydrogen) atoms. The van der Waals surface area contributed by atoms with E-state index in [0.29, 0.717) is 17.0 Å². The fourth-order valence-electron chi connectivity index (χ4n) is 2.46. The molecule has 0 amide bonds. The molecule has 0 saturated heterocycles. The van der Waals surface area contributed by atoms with E-state index in [-0.39, 0.29) is 35.1 Å². The maximum absolute atomic E-state index is 13.3. The molecule has 0 atom stereocenters. The first-order valence-corrected chi connectivity index (χ1v) is 7.64. The monoisotopic (exact) mass is 351 g/mol. The molecular formula is C17H15ClFNO4. The molecule has 0 fully saturated rings. The van der Waals surface area contributed by atoms with Crippen LogP contribution in [0.3, 0.4) is 0 Å². The van der Waals surface area contributed by atoms with E-state index in [2.05, 4.69) is 4.98 Å². The van der Waals surface area contributed by atoms with Crippen LogP contribution in [0.2, 0.25) is 5.02 Å².